The molecule has 0 saturated carbocycles. The van der Waals surface area contributed by atoms with Crippen molar-refractivity contribution in [3.8, 4) is 17.2 Å². The molecule has 0 unspecified atom stereocenters. The van der Waals surface area contributed by atoms with Gasteiger partial charge in [-0.1, -0.05) is 17.7 Å². The Kier molecular flexibility index (Phi) is 4.05. The first-order valence-electron chi connectivity index (χ1n) is 8.06. The summed E-state index contributed by atoms with van der Waals surface area (Å²) in [5, 5.41) is 13.4. The molecule has 0 saturated heterocycles. The fraction of sp³-hybridized carbons (Fsp3) is 0.158. The first-order valence-corrected chi connectivity index (χ1v) is 8.44. The number of benzene rings is 2. The third-order valence-corrected chi connectivity index (χ3v) is 4.74. The van der Waals surface area contributed by atoms with E-state index in [0.717, 1.165) is 16.9 Å². The van der Waals surface area contributed by atoms with Gasteiger partial charge in [0.2, 0.25) is 5.91 Å². The quantitative estimate of drug-likeness (QED) is 0.737. The number of phenolic OH excluding ortho intramolecular Hbond substituents is 1. The van der Waals surface area contributed by atoms with Gasteiger partial charge in [-0.3, -0.25) is 9.36 Å². The van der Waals surface area contributed by atoms with Gasteiger partial charge in [-0.05, 0) is 42.0 Å². The molecular weight excluding hydrogens is 354 g/mol. The number of methoxy groups -OCH3 is 1. The molecule has 132 valence electrons. The Balaban J connectivity index is 1.80. The van der Waals surface area contributed by atoms with Crippen molar-refractivity contribution < 1.29 is 14.6 Å². The molecule has 0 aliphatic carbocycles. The minimum Gasteiger partial charge on any atom is -0.504 e. The summed E-state index contributed by atoms with van der Waals surface area (Å²) in [6, 6.07) is 12.4. The number of nitrogens with one attached hydrogen (secondary N) is 1. The van der Waals surface area contributed by atoms with Gasteiger partial charge in [0.1, 0.15) is 12.1 Å². The van der Waals surface area contributed by atoms with Crippen molar-refractivity contribution in [2.45, 2.75) is 12.3 Å². The number of imidazole rings is 1. The Morgan fingerprint density at radius 1 is 1.27 bits per heavy atom. The van der Waals surface area contributed by atoms with Gasteiger partial charge >= 0.3 is 0 Å². The molecule has 6 nitrogen and oxygen atoms in total. The SMILES string of the molecule is COc1cc([C@@H]2CC(=O)Nc3c2ncn3-c2ccc(Cl)cc2)ccc1O. The maximum Gasteiger partial charge on any atom is 0.226 e. The largest absolute Gasteiger partial charge is 0.504 e. The predicted octanol–water partition coefficient (Wildman–Crippen LogP) is 3.71. The average molecular weight is 370 g/mol. The fourth-order valence-corrected chi connectivity index (χ4v) is 3.32. The first kappa shape index (κ1) is 16.5. The summed E-state index contributed by atoms with van der Waals surface area (Å²) >= 11 is 5.96. The maximum absolute atomic E-state index is 12.3. The van der Waals surface area contributed by atoms with E-state index >= 15 is 0 Å². The second-order valence-corrected chi connectivity index (χ2v) is 6.50. The van der Waals surface area contributed by atoms with Crippen LogP contribution in [-0.2, 0) is 4.79 Å². The molecule has 0 radical (unpaired) electrons. The van der Waals surface area contributed by atoms with E-state index in [0.29, 0.717) is 16.6 Å². The summed E-state index contributed by atoms with van der Waals surface area (Å²) in [7, 11) is 1.49. The zero-order valence-corrected chi connectivity index (χ0v) is 14.7. The number of aromatic nitrogens is 2. The van der Waals surface area contributed by atoms with Gasteiger partial charge in [-0.25, -0.2) is 4.98 Å². The number of fused-ring (bicyclic) bond motifs is 1. The lowest BCUT2D eigenvalue weighted by molar-refractivity contribution is -0.116. The van der Waals surface area contributed by atoms with E-state index in [2.05, 4.69) is 10.3 Å². The number of carbonyl (C=O) groups excluding carboxylic acids is 1. The van der Waals surface area contributed by atoms with Crippen molar-refractivity contribution in [1.82, 2.24) is 9.55 Å². The standard InChI is InChI=1S/C19H16ClN3O3/c1-26-16-8-11(2-7-15(16)24)14-9-17(25)22-19-18(14)21-10-23(19)13-5-3-12(20)4-6-13/h2-8,10,14,24H,9H2,1H3,(H,22,25)/t14-/m0/s1. The summed E-state index contributed by atoms with van der Waals surface area (Å²) in [6.07, 6.45) is 1.96. The summed E-state index contributed by atoms with van der Waals surface area (Å²) in [4.78, 5) is 16.9. The molecule has 0 fully saturated rings. The van der Waals surface area contributed by atoms with Crippen molar-refractivity contribution in [3.63, 3.8) is 0 Å². The van der Waals surface area contributed by atoms with Crippen molar-refractivity contribution in [1.29, 1.82) is 0 Å². The molecule has 4 rings (SSSR count). The molecule has 26 heavy (non-hydrogen) atoms. The lowest BCUT2D eigenvalue weighted by atomic mass is 9.89. The van der Waals surface area contributed by atoms with Crippen molar-refractivity contribution in [2.75, 3.05) is 12.4 Å². The summed E-state index contributed by atoms with van der Waals surface area (Å²) in [6.45, 7) is 0. The van der Waals surface area contributed by atoms with E-state index in [1.54, 1.807) is 36.7 Å². The minimum absolute atomic E-state index is 0.0587. The summed E-state index contributed by atoms with van der Waals surface area (Å²) in [5.74, 6) is 0.753. The second-order valence-electron chi connectivity index (χ2n) is 6.06. The molecule has 7 heteroatoms. The van der Waals surface area contributed by atoms with Crippen LogP contribution < -0.4 is 10.1 Å². The number of ether oxygens (including phenoxy) is 1. The Labute approximate surface area is 155 Å². The number of hydrogen-bond donors (Lipinski definition) is 2. The molecule has 2 N–H and O–H groups in total. The minimum atomic E-state index is -0.221. The molecule has 2 aromatic carbocycles. The van der Waals surface area contributed by atoms with Crippen LogP contribution in [0.25, 0.3) is 5.69 Å². The molecule has 3 aromatic rings. The van der Waals surface area contributed by atoms with Gasteiger partial charge in [0, 0.05) is 23.0 Å². The van der Waals surface area contributed by atoms with E-state index in [1.165, 1.54) is 7.11 Å². The van der Waals surface area contributed by atoms with Crippen molar-refractivity contribution in [3.05, 3.63) is 65.1 Å². The van der Waals surface area contributed by atoms with Gasteiger partial charge in [0.25, 0.3) is 0 Å². The van der Waals surface area contributed by atoms with Crippen LogP contribution in [0.2, 0.25) is 5.02 Å². The van der Waals surface area contributed by atoms with Crippen LogP contribution in [0.3, 0.4) is 0 Å². The van der Waals surface area contributed by atoms with E-state index in [1.807, 2.05) is 16.7 Å². The van der Waals surface area contributed by atoms with Gasteiger partial charge in [-0.15, -0.1) is 0 Å². The van der Waals surface area contributed by atoms with Gasteiger partial charge in [-0.2, -0.15) is 0 Å². The highest BCUT2D eigenvalue weighted by molar-refractivity contribution is 6.30. The van der Waals surface area contributed by atoms with Gasteiger partial charge < -0.3 is 15.2 Å². The first-order chi connectivity index (χ1) is 12.6. The monoisotopic (exact) mass is 369 g/mol. The molecule has 1 aliphatic rings. The van der Waals surface area contributed by atoms with Crippen LogP contribution in [0.1, 0.15) is 23.6 Å². The Bertz CT molecular complexity index is 982. The highest BCUT2D eigenvalue weighted by Gasteiger charge is 2.31. The van der Waals surface area contributed by atoms with Crippen molar-refractivity contribution >= 4 is 23.3 Å². The number of aromatic hydroxyl groups is 1. The summed E-state index contributed by atoms with van der Waals surface area (Å²) < 4.78 is 7.02. The predicted molar refractivity (Wildman–Crippen MR) is 98.3 cm³/mol. The van der Waals surface area contributed by atoms with E-state index in [4.69, 9.17) is 16.3 Å². The topological polar surface area (TPSA) is 76.4 Å². The average Bonchev–Trinajstić information content (AvgIpc) is 3.06. The van der Waals surface area contributed by atoms with Gasteiger partial charge in [0.05, 0.1) is 12.8 Å². The van der Waals surface area contributed by atoms with Crippen LogP contribution in [0, 0.1) is 0 Å². The molecule has 1 aliphatic heterocycles. The van der Waals surface area contributed by atoms with E-state index in [9.17, 15) is 9.90 Å². The number of amides is 1. The number of anilines is 1. The van der Waals surface area contributed by atoms with Crippen LogP contribution in [-0.4, -0.2) is 27.7 Å². The normalized spacial score (nSPS) is 16.1. The van der Waals surface area contributed by atoms with Crippen LogP contribution in [0.15, 0.2) is 48.8 Å². The van der Waals surface area contributed by atoms with Crippen LogP contribution in [0.5, 0.6) is 11.5 Å². The molecule has 0 bridgehead atoms. The molecule has 0 spiro atoms. The maximum atomic E-state index is 12.3. The Morgan fingerprint density at radius 2 is 2.04 bits per heavy atom. The number of nitrogens with zero attached hydrogens (tertiary/aromatic N) is 2. The Hall–Kier alpha value is -2.99. The molecule has 1 amide bonds. The number of hydrogen-bond acceptors (Lipinski definition) is 4. The lowest BCUT2D eigenvalue weighted by Crippen LogP contribution is -2.24. The number of carbonyl (C=O) groups is 1. The molecule has 2 heterocycles. The van der Waals surface area contributed by atoms with Crippen molar-refractivity contribution in [2.24, 2.45) is 0 Å². The third kappa shape index (κ3) is 2.78. The second kappa shape index (κ2) is 6.38. The highest BCUT2D eigenvalue weighted by atomic mass is 35.5. The zero-order chi connectivity index (χ0) is 18.3. The summed E-state index contributed by atoms with van der Waals surface area (Å²) in [5.41, 5.74) is 2.48. The number of halogens is 1. The van der Waals surface area contributed by atoms with E-state index in [-0.39, 0.29) is 24.0 Å². The lowest BCUT2D eigenvalue weighted by Gasteiger charge is -2.23. The number of rotatable bonds is 3. The molecule has 1 atom stereocenters. The van der Waals surface area contributed by atoms with E-state index < -0.39 is 0 Å². The Morgan fingerprint density at radius 3 is 2.77 bits per heavy atom. The smallest absolute Gasteiger partial charge is 0.226 e. The zero-order valence-electron chi connectivity index (χ0n) is 13.9. The fourth-order valence-electron chi connectivity index (χ4n) is 3.19. The third-order valence-electron chi connectivity index (χ3n) is 4.48. The molecule has 1 aromatic heterocycles. The number of phenols is 1. The highest BCUT2D eigenvalue weighted by Crippen LogP contribution is 2.39. The van der Waals surface area contributed by atoms with Crippen LogP contribution >= 0.6 is 11.6 Å². The molecular formula is C19H16ClN3O3. The van der Waals surface area contributed by atoms with Crippen LogP contribution in [0.4, 0.5) is 5.82 Å². The van der Waals surface area contributed by atoms with Gasteiger partial charge in [0.15, 0.2) is 11.5 Å².